The van der Waals surface area contributed by atoms with Crippen molar-refractivity contribution >= 4 is 5.91 Å². The van der Waals surface area contributed by atoms with Gasteiger partial charge in [-0.05, 0) is 63.1 Å². The molecule has 1 fully saturated rings. The summed E-state index contributed by atoms with van der Waals surface area (Å²) in [7, 11) is 0. The lowest BCUT2D eigenvalue weighted by Gasteiger charge is -2.27. The maximum absolute atomic E-state index is 12.9. The summed E-state index contributed by atoms with van der Waals surface area (Å²) in [6, 6.07) is 17.0. The molecule has 0 spiro atoms. The Balaban J connectivity index is 1.34. The van der Waals surface area contributed by atoms with E-state index in [2.05, 4.69) is 27.5 Å². The smallest absolute Gasteiger partial charge is 0.251 e. The summed E-state index contributed by atoms with van der Waals surface area (Å²) < 4.78 is 11.0. The number of hydrogen-bond acceptors (Lipinski definition) is 6. The van der Waals surface area contributed by atoms with Crippen molar-refractivity contribution in [3.8, 4) is 5.75 Å². The van der Waals surface area contributed by atoms with Crippen molar-refractivity contribution in [2.24, 2.45) is 0 Å². The van der Waals surface area contributed by atoms with Gasteiger partial charge >= 0.3 is 0 Å². The van der Waals surface area contributed by atoms with Crippen molar-refractivity contribution in [3.63, 3.8) is 0 Å². The van der Waals surface area contributed by atoms with Crippen molar-refractivity contribution in [3.05, 3.63) is 82.7 Å². The number of hydrogen-bond donors (Lipinski definition) is 2. The average molecular weight is 450 g/mol. The average Bonchev–Trinajstić information content (AvgIpc) is 3.04. The minimum atomic E-state index is -0.563. The number of aromatic nitrogens is 1. The van der Waals surface area contributed by atoms with Crippen LogP contribution >= 0.6 is 0 Å². The summed E-state index contributed by atoms with van der Waals surface area (Å²) in [6.07, 6.45) is 1.01. The highest BCUT2D eigenvalue weighted by Crippen LogP contribution is 2.19. The summed E-state index contributed by atoms with van der Waals surface area (Å²) in [4.78, 5) is 15.2. The predicted octanol–water partition coefficient (Wildman–Crippen LogP) is 3.63. The Morgan fingerprint density at radius 3 is 2.64 bits per heavy atom. The van der Waals surface area contributed by atoms with Crippen LogP contribution in [0.15, 0.2) is 59.1 Å². The molecular formula is C26H31N3O4. The Kier molecular flexibility index (Phi) is 7.42. The molecule has 1 aliphatic rings. The van der Waals surface area contributed by atoms with Crippen LogP contribution in [0.5, 0.6) is 5.75 Å². The van der Waals surface area contributed by atoms with Gasteiger partial charge in [-0.3, -0.25) is 9.69 Å². The molecule has 2 aromatic carbocycles. The molecule has 0 unspecified atom stereocenters. The molecule has 2 atom stereocenters. The normalized spacial score (nSPS) is 19.1. The van der Waals surface area contributed by atoms with E-state index in [9.17, 15) is 9.90 Å². The molecule has 0 aliphatic carbocycles. The third-order valence-electron chi connectivity index (χ3n) is 6.14. The number of carbonyl (C=O) groups is 1. The number of nitrogens with zero attached hydrogens (tertiary/aromatic N) is 2. The molecule has 7 heteroatoms. The first-order valence-electron chi connectivity index (χ1n) is 11.4. The van der Waals surface area contributed by atoms with E-state index in [1.807, 2.05) is 32.0 Å². The number of carbonyl (C=O) groups excluding carboxylic acids is 1. The van der Waals surface area contributed by atoms with Gasteiger partial charge in [0, 0.05) is 18.7 Å². The van der Waals surface area contributed by atoms with Gasteiger partial charge in [-0.15, -0.1) is 0 Å². The fourth-order valence-corrected chi connectivity index (χ4v) is 4.16. The lowest BCUT2D eigenvalue weighted by Crippen LogP contribution is -2.48. The van der Waals surface area contributed by atoms with Gasteiger partial charge in [0.1, 0.15) is 18.1 Å². The van der Waals surface area contributed by atoms with Crippen LogP contribution < -0.4 is 10.1 Å². The molecule has 174 valence electrons. The van der Waals surface area contributed by atoms with Crippen molar-refractivity contribution in [1.82, 2.24) is 15.4 Å². The van der Waals surface area contributed by atoms with Crippen LogP contribution in [0.4, 0.5) is 0 Å². The van der Waals surface area contributed by atoms with Crippen LogP contribution in [-0.2, 0) is 13.2 Å². The van der Waals surface area contributed by atoms with Gasteiger partial charge in [0.05, 0.1) is 23.4 Å². The lowest BCUT2D eigenvalue weighted by molar-refractivity contribution is 0.0798. The zero-order valence-corrected chi connectivity index (χ0v) is 19.2. The summed E-state index contributed by atoms with van der Waals surface area (Å²) >= 11 is 0. The van der Waals surface area contributed by atoms with Crippen LogP contribution in [0.2, 0.25) is 0 Å². The minimum Gasteiger partial charge on any atom is -0.489 e. The number of ether oxygens (including phenoxy) is 1. The van der Waals surface area contributed by atoms with Crippen LogP contribution in [0.1, 0.15) is 45.8 Å². The Morgan fingerprint density at radius 2 is 1.94 bits per heavy atom. The zero-order valence-electron chi connectivity index (χ0n) is 19.2. The second kappa shape index (κ2) is 10.6. The molecule has 1 amide bonds. The van der Waals surface area contributed by atoms with E-state index in [0.717, 1.165) is 36.5 Å². The van der Waals surface area contributed by atoms with Crippen molar-refractivity contribution in [2.75, 3.05) is 13.1 Å². The van der Waals surface area contributed by atoms with Gasteiger partial charge in [0.15, 0.2) is 0 Å². The number of likely N-dealkylation sites (tertiary alicyclic amines) is 1. The SMILES string of the molecule is Cc1noc(C)c1COc1ccc(C(=O)N[C@H]2CN(Cc3ccccc3)CCC[C@H]2O)cc1. The van der Waals surface area contributed by atoms with Crippen LogP contribution in [0.3, 0.4) is 0 Å². The molecule has 7 nitrogen and oxygen atoms in total. The van der Waals surface area contributed by atoms with E-state index in [-0.39, 0.29) is 11.9 Å². The van der Waals surface area contributed by atoms with Gasteiger partial charge in [-0.1, -0.05) is 35.5 Å². The third kappa shape index (κ3) is 6.00. The molecule has 2 heterocycles. The van der Waals surface area contributed by atoms with E-state index < -0.39 is 6.10 Å². The molecule has 4 rings (SSSR count). The first kappa shape index (κ1) is 23.0. The Morgan fingerprint density at radius 1 is 1.18 bits per heavy atom. The molecule has 3 aromatic rings. The molecule has 33 heavy (non-hydrogen) atoms. The molecule has 0 radical (unpaired) electrons. The molecule has 1 aliphatic heterocycles. The number of rotatable bonds is 7. The molecule has 0 saturated carbocycles. The Labute approximate surface area is 194 Å². The van der Waals surface area contributed by atoms with Gasteiger partial charge in [-0.2, -0.15) is 0 Å². The van der Waals surface area contributed by atoms with E-state index in [0.29, 0.717) is 30.9 Å². The summed E-state index contributed by atoms with van der Waals surface area (Å²) in [5.74, 6) is 1.21. The fourth-order valence-electron chi connectivity index (χ4n) is 4.16. The molecule has 0 bridgehead atoms. The number of aliphatic hydroxyl groups excluding tert-OH is 1. The number of amides is 1. The number of benzene rings is 2. The fraction of sp³-hybridized carbons (Fsp3) is 0.385. The standard InChI is InChI=1S/C26H31N3O4/c1-18-23(19(2)33-28-18)17-32-22-12-10-21(11-13-22)26(31)27-24-16-29(14-6-9-25(24)30)15-20-7-4-3-5-8-20/h3-5,7-8,10-13,24-25,30H,6,9,14-17H2,1-2H3,(H,27,31)/t24-,25+/m0/s1. The second-order valence-electron chi connectivity index (χ2n) is 8.63. The van der Waals surface area contributed by atoms with Gasteiger partial charge in [0.25, 0.3) is 5.91 Å². The van der Waals surface area contributed by atoms with Gasteiger partial charge < -0.3 is 19.7 Å². The largest absolute Gasteiger partial charge is 0.489 e. The second-order valence-corrected chi connectivity index (χ2v) is 8.63. The summed E-state index contributed by atoms with van der Waals surface area (Å²) in [5, 5.41) is 17.6. The van der Waals surface area contributed by atoms with Crippen LogP contribution in [-0.4, -0.2) is 46.3 Å². The molecule has 1 aromatic heterocycles. The van der Waals surface area contributed by atoms with Crippen molar-refractivity contribution < 1.29 is 19.2 Å². The highest BCUT2D eigenvalue weighted by molar-refractivity contribution is 5.94. The predicted molar refractivity (Wildman–Crippen MR) is 125 cm³/mol. The molecular weight excluding hydrogens is 418 g/mol. The first-order valence-corrected chi connectivity index (χ1v) is 11.4. The maximum atomic E-state index is 12.9. The van der Waals surface area contributed by atoms with Crippen LogP contribution in [0.25, 0.3) is 0 Å². The summed E-state index contributed by atoms with van der Waals surface area (Å²) in [6.45, 7) is 6.41. The minimum absolute atomic E-state index is 0.196. The van der Waals surface area contributed by atoms with E-state index in [1.54, 1.807) is 24.3 Å². The maximum Gasteiger partial charge on any atom is 0.251 e. The quantitative estimate of drug-likeness (QED) is 0.573. The number of aliphatic hydroxyl groups is 1. The van der Waals surface area contributed by atoms with Crippen LogP contribution in [0, 0.1) is 13.8 Å². The third-order valence-corrected chi connectivity index (χ3v) is 6.14. The Hall–Kier alpha value is -3.16. The number of aryl methyl sites for hydroxylation is 2. The van der Waals surface area contributed by atoms with Crippen molar-refractivity contribution in [2.45, 2.75) is 52.0 Å². The Bertz CT molecular complexity index is 1030. The number of nitrogens with one attached hydrogen (secondary N) is 1. The zero-order chi connectivity index (χ0) is 23.2. The lowest BCUT2D eigenvalue weighted by atomic mass is 10.1. The molecule has 1 saturated heterocycles. The van der Waals surface area contributed by atoms with E-state index >= 15 is 0 Å². The van der Waals surface area contributed by atoms with E-state index in [1.165, 1.54) is 5.56 Å². The summed E-state index contributed by atoms with van der Waals surface area (Å²) in [5.41, 5.74) is 3.50. The van der Waals surface area contributed by atoms with Gasteiger partial charge in [0.2, 0.25) is 0 Å². The van der Waals surface area contributed by atoms with Gasteiger partial charge in [-0.25, -0.2) is 0 Å². The highest BCUT2D eigenvalue weighted by Gasteiger charge is 2.27. The topological polar surface area (TPSA) is 87.8 Å². The first-order chi connectivity index (χ1) is 16.0. The highest BCUT2D eigenvalue weighted by atomic mass is 16.5. The van der Waals surface area contributed by atoms with E-state index in [4.69, 9.17) is 9.26 Å². The monoisotopic (exact) mass is 449 g/mol. The van der Waals surface area contributed by atoms with Crippen molar-refractivity contribution in [1.29, 1.82) is 0 Å². The molecule has 2 N–H and O–H groups in total.